The maximum absolute atomic E-state index is 12.4. The van der Waals surface area contributed by atoms with Gasteiger partial charge in [0.1, 0.15) is 0 Å². The Hall–Kier alpha value is -0.930. The molecule has 0 unspecified atom stereocenters. The van der Waals surface area contributed by atoms with E-state index in [0.717, 1.165) is 0 Å². The third kappa shape index (κ3) is 3.77. The van der Waals surface area contributed by atoms with Crippen LogP contribution in [0.15, 0.2) is 0 Å². The number of ether oxygens (including phenoxy) is 1. The summed E-state index contributed by atoms with van der Waals surface area (Å²) in [6.07, 6.45) is -2.96. The van der Waals surface area contributed by atoms with Crippen LogP contribution in [-0.4, -0.2) is 47.7 Å². The average molecular weight is 297 g/mol. The Bertz CT molecular complexity index is 405. The van der Waals surface area contributed by atoms with Crippen LogP contribution in [0.3, 0.4) is 0 Å². The van der Waals surface area contributed by atoms with Crippen LogP contribution in [0.4, 0.5) is 18.3 Å². The molecular formula is C10H14F3N3O2S. The van der Waals surface area contributed by atoms with Crippen molar-refractivity contribution in [3.63, 3.8) is 0 Å². The maximum Gasteiger partial charge on any atom is 0.445 e. The Morgan fingerprint density at radius 3 is 2.53 bits per heavy atom. The predicted octanol–water partition coefficient (Wildman–Crippen LogP) is 1.53. The molecule has 0 spiro atoms. The first kappa shape index (κ1) is 14.5. The lowest BCUT2D eigenvalue weighted by molar-refractivity contribution is -0.138. The summed E-state index contributed by atoms with van der Waals surface area (Å²) in [5.74, 6) is 0. The Balaban J connectivity index is 1.89. The number of aliphatic hydroxyl groups is 1. The van der Waals surface area contributed by atoms with Crippen LogP contribution in [0.5, 0.6) is 0 Å². The largest absolute Gasteiger partial charge is 0.445 e. The molecule has 0 bridgehead atoms. The molecule has 1 fully saturated rings. The summed E-state index contributed by atoms with van der Waals surface area (Å²) in [4.78, 5) is 1.78. The molecule has 1 aromatic rings. The van der Waals surface area contributed by atoms with Crippen molar-refractivity contribution in [1.29, 1.82) is 0 Å². The molecule has 1 N–H and O–H groups in total. The summed E-state index contributed by atoms with van der Waals surface area (Å²) in [6.45, 7) is 1.44. The van der Waals surface area contributed by atoms with E-state index in [1.807, 2.05) is 0 Å². The lowest BCUT2D eigenvalue weighted by atomic mass is 10.1. The quantitative estimate of drug-likeness (QED) is 0.913. The second kappa shape index (κ2) is 6.02. The van der Waals surface area contributed by atoms with E-state index < -0.39 is 11.2 Å². The molecule has 19 heavy (non-hydrogen) atoms. The third-order valence-electron chi connectivity index (χ3n) is 2.81. The molecule has 5 nitrogen and oxygen atoms in total. The van der Waals surface area contributed by atoms with E-state index in [2.05, 4.69) is 10.2 Å². The molecular weight excluding hydrogens is 283 g/mol. The zero-order valence-corrected chi connectivity index (χ0v) is 10.9. The minimum atomic E-state index is -4.43. The van der Waals surface area contributed by atoms with Gasteiger partial charge in [0.2, 0.25) is 10.1 Å². The normalized spacial score (nSPS) is 18.0. The number of aliphatic hydroxyl groups excluding tert-OH is 1. The van der Waals surface area contributed by atoms with Gasteiger partial charge in [0.05, 0.1) is 19.3 Å². The van der Waals surface area contributed by atoms with Gasteiger partial charge in [-0.1, -0.05) is 11.3 Å². The van der Waals surface area contributed by atoms with Gasteiger partial charge in [0.15, 0.2) is 0 Å². The van der Waals surface area contributed by atoms with E-state index in [1.54, 1.807) is 4.90 Å². The third-order valence-corrected chi connectivity index (χ3v) is 3.84. The Kier molecular flexibility index (Phi) is 4.58. The van der Waals surface area contributed by atoms with E-state index >= 15 is 0 Å². The van der Waals surface area contributed by atoms with E-state index in [9.17, 15) is 13.2 Å². The van der Waals surface area contributed by atoms with Gasteiger partial charge in [0, 0.05) is 13.1 Å². The molecule has 0 aliphatic carbocycles. The molecule has 0 amide bonds. The SMILES string of the molecule is OCCOC1CCN(c2nnc(C(F)(F)F)s2)CC1. The summed E-state index contributed by atoms with van der Waals surface area (Å²) >= 11 is 0.563. The van der Waals surface area contributed by atoms with Crippen molar-refractivity contribution in [3.05, 3.63) is 5.01 Å². The number of anilines is 1. The second-order valence-electron chi connectivity index (χ2n) is 4.17. The summed E-state index contributed by atoms with van der Waals surface area (Å²) in [7, 11) is 0. The highest BCUT2D eigenvalue weighted by Crippen LogP contribution is 2.35. The van der Waals surface area contributed by atoms with E-state index in [0.29, 0.717) is 49.0 Å². The lowest BCUT2D eigenvalue weighted by Crippen LogP contribution is -2.37. The van der Waals surface area contributed by atoms with Crippen molar-refractivity contribution in [1.82, 2.24) is 10.2 Å². The highest BCUT2D eigenvalue weighted by atomic mass is 32.1. The van der Waals surface area contributed by atoms with E-state index in [-0.39, 0.29) is 12.7 Å². The standard InChI is InChI=1S/C10H14F3N3O2S/c11-10(12,13)8-14-15-9(19-8)16-3-1-7(2-4-16)18-6-5-17/h7,17H,1-6H2. The van der Waals surface area contributed by atoms with Crippen LogP contribution < -0.4 is 4.90 Å². The molecule has 108 valence electrons. The summed E-state index contributed by atoms with van der Waals surface area (Å²) in [5.41, 5.74) is 0. The van der Waals surface area contributed by atoms with Gasteiger partial charge in [-0.25, -0.2) is 0 Å². The summed E-state index contributed by atoms with van der Waals surface area (Å²) < 4.78 is 42.6. The smallest absolute Gasteiger partial charge is 0.394 e. The minimum Gasteiger partial charge on any atom is -0.394 e. The van der Waals surface area contributed by atoms with E-state index in [1.165, 1.54) is 0 Å². The minimum absolute atomic E-state index is 0.0223. The maximum atomic E-state index is 12.4. The summed E-state index contributed by atoms with van der Waals surface area (Å²) in [5, 5.41) is 14.8. The van der Waals surface area contributed by atoms with Crippen LogP contribution in [0, 0.1) is 0 Å². The molecule has 2 rings (SSSR count). The van der Waals surface area contributed by atoms with Crippen molar-refractivity contribution in [2.24, 2.45) is 0 Å². The fourth-order valence-electron chi connectivity index (χ4n) is 1.89. The number of rotatable bonds is 4. The Labute approximate surface area is 112 Å². The van der Waals surface area contributed by atoms with Crippen LogP contribution in [0.1, 0.15) is 17.8 Å². The van der Waals surface area contributed by atoms with Gasteiger partial charge in [-0.05, 0) is 12.8 Å². The lowest BCUT2D eigenvalue weighted by Gasteiger charge is -2.31. The fourth-order valence-corrected chi connectivity index (χ4v) is 2.65. The molecule has 0 aromatic carbocycles. The number of hydrogen-bond donors (Lipinski definition) is 1. The molecule has 1 aromatic heterocycles. The molecule has 0 saturated carbocycles. The molecule has 9 heteroatoms. The van der Waals surface area contributed by atoms with Gasteiger partial charge in [-0.3, -0.25) is 0 Å². The molecule has 0 atom stereocenters. The molecule has 1 aliphatic rings. The predicted molar refractivity (Wildman–Crippen MR) is 63.2 cm³/mol. The van der Waals surface area contributed by atoms with Crippen molar-refractivity contribution in [3.8, 4) is 0 Å². The van der Waals surface area contributed by atoms with Crippen molar-refractivity contribution in [2.45, 2.75) is 25.1 Å². The first-order valence-electron chi connectivity index (χ1n) is 5.89. The van der Waals surface area contributed by atoms with Crippen LogP contribution in [0.25, 0.3) is 0 Å². The molecule has 2 heterocycles. The number of halogens is 3. The van der Waals surface area contributed by atoms with Gasteiger partial charge >= 0.3 is 6.18 Å². The van der Waals surface area contributed by atoms with Crippen LogP contribution >= 0.6 is 11.3 Å². The van der Waals surface area contributed by atoms with Crippen molar-refractivity contribution in [2.75, 3.05) is 31.2 Å². The monoisotopic (exact) mass is 297 g/mol. The number of hydrogen-bond acceptors (Lipinski definition) is 6. The van der Waals surface area contributed by atoms with Crippen molar-refractivity contribution < 1.29 is 23.0 Å². The Morgan fingerprint density at radius 1 is 1.32 bits per heavy atom. The summed E-state index contributed by atoms with van der Waals surface area (Å²) in [6, 6.07) is 0. The Morgan fingerprint density at radius 2 is 2.00 bits per heavy atom. The van der Waals surface area contributed by atoms with Gasteiger partial charge < -0.3 is 14.7 Å². The van der Waals surface area contributed by atoms with E-state index in [4.69, 9.17) is 9.84 Å². The van der Waals surface area contributed by atoms with Crippen LogP contribution in [0.2, 0.25) is 0 Å². The topological polar surface area (TPSA) is 58.5 Å². The number of piperidine rings is 1. The highest BCUT2D eigenvalue weighted by molar-refractivity contribution is 7.15. The van der Waals surface area contributed by atoms with Gasteiger partial charge in [-0.15, -0.1) is 10.2 Å². The number of aromatic nitrogens is 2. The van der Waals surface area contributed by atoms with Crippen molar-refractivity contribution >= 4 is 16.5 Å². The molecule has 1 saturated heterocycles. The zero-order valence-electron chi connectivity index (χ0n) is 10.1. The van der Waals surface area contributed by atoms with Gasteiger partial charge in [-0.2, -0.15) is 13.2 Å². The number of nitrogens with zero attached hydrogens (tertiary/aromatic N) is 3. The number of alkyl halides is 3. The second-order valence-corrected chi connectivity index (χ2v) is 5.12. The zero-order chi connectivity index (χ0) is 13.9. The highest BCUT2D eigenvalue weighted by Gasteiger charge is 2.36. The molecule has 0 radical (unpaired) electrons. The van der Waals surface area contributed by atoms with Gasteiger partial charge in [0.25, 0.3) is 0 Å². The average Bonchev–Trinajstić information content (AvgIpc) is 2.86. The fraction of sp³-hybridized carbons (Fsp3) is 0.800. The molecule has 1 aliphatic heterocycles. The first-order chi connectivity index (χ1) is 9.00. The van der Waals surface area contributed by atoms with Crippen LogP contribution in [-0.2, 0) is 10.9 Å². The first-order valence-corrected chi connectivity index (χ1v) is 6.70.